The Balaban J connectivity index is 1.13. The van der Waals surface area contributed by atoms with Gasteiger partial charge in [0.1, 0.15) is 5.69 Å². The molecule has 1 saturated heterocycles. The van der Waals surface area contributed by atoms with Crippen LogP contribution in [0, 0.1) is 5.92 Å². The van der Waals surface area contributed by atoms with Crippen molar-refractivity contribution >= 4 is 23.6 Å². The van der Waals surface area contributed by atoms with Gasteiger partial charge in [-0.1, -0.05) is 140 Å². The summed E-state index contributed by atoms with van der Waals surface area (Å²) in [6, 6.07) is 44.0. The van der Waals surface area contributed by atoms with Crippen molar-refractivity contribution in [2.45, 2.75) is 63.7 Å². The van der Waals surface area contributed by atoms with Gasteiger partial charge in [-0.2, -0.15) is 0 Å². The molecule has 0 aliphatic carbocycles. The van der Waals surface area contributed by atoms with Crippen LogP contribution < -0.4 is 5.32 Å². The molecule has 0 radical (unpaired) electrons. The van der Waals surface area contributed by atoms with E-state index >= 15 is 0 Å². The number of hydrogen-bond donors (Lipinski definition) is 2. The number of thioether (sulfide) groups is 1. The minimum Gasteiger partial charge on any atom is -0.453 e. The van der Waals surface area contributed by atoms with Crippen LogP contribution in [-0.4, -0.2) is 39.9 Å². The first-order valence-corrected chi connectivity index (χ1v) is 19.6. The van der Waals surface area contributed by atoms with Crippen molar-refractivity contribution in [3.63, 3.8) is 0 Å². The van der Waals surface area contributed by atoms with Crippen molar-refractivity contribution < 1.29 is 33.3 Å². The summed E-state index contributed by atoms with van der Waals surface area (Å²) in [5.41, 5.74) is 8.25. The molecule has 0 spiro atoms. The summed E-state index contributed by atoms with van der Waals surface area (Å²) >= 11 is 1.52. The van der Waals surface area contributed by atoms with Crippen molar-refractivity contribution in [3.05, 3.63) is 156 Å². The fourth-order valence-corrected chi connectivity index (χ4v) is 7.75. The molecule has 1 fully saturated rings. The van der Waals surface area contributed by atoms with Gasteiger partial charge >= 0.3 is 5.97 Å². The highest BCUT2D eigenvalue weighted by molar-refractivity contribution is 7.99. The second-order valence-corrected chi connectivity index (χ2v) is 14.8. The second kappa shape index (κ2) is 18.0. The van der Waals surface area contributed by atoms with Gasteiger partial charge in [-0.3, -0.25) is 9.59 Å². The van der Waals surface area contributed by atoms with E-state index in [4.69, 9.17) is 23.6 Å². The number of nitrogens with zero attached hydrogens (tertiary/aromatic N) is 1. The van der Waals surface area contributed by atoms with E-state index in [0.29, 0.717) is 11.0 Å². The molecular formula is C46H44N2O7S. The molecule has 1 aliphatic rings. The molecule has 0 saturated carbocycles. The van der Waals surface area contributed by atoms with Gasteiger partial charge in [-0.05, 0) is 46.9 Å². The fraction of sp³-hybridized carbons (Fsp3) is 0.239. The van der Waals surface area contributed by atoms with E-state index < -0.39 is 18.4 Å². The number of aliphatic hydroxyl groups is 1. The number of esters is 1. The Labute approximate surface area is 331 Å². The molecule has 9 nitrogen and oxygen atoms in total. The van der Waals surface area contributed by atoms with Crippen molar-refractivity contribution in [3.8, 4) is 33.7 Å². The topological polar surface area (TPSA) is 120 Å². The Morgan fingerprint density at radius 2 is 1.45 bits per heavy atom. The van der Waals surface area contributed by atoms with Crippen LogP contribution in [0.15, 0.2) is 143 Å². The monoisotopic (exact) mass is 768 g/mol. The maximum absolute atomic E-state index is 12.5. The lowest BCUT2D eigenvalue weighted by Gasteiger charge is -2.41. The molecule has 286 valence electrons. The van der Waals surface area contributed by atoms with Gasteiger partial charge < -0.3 is 29.1 Å². The lowest BCUT2D eigenvalue weighted by Crippen LogP contribution is -2.38. The first-order chi connectivity index (χ1) is 27.2. The molecule has 56 heavy (non-hydrogen) atoms. The zero-order valence-electron chi connectivity index (χ0n) is 31.5. The number of aliphatic hydroxyl groups excluding tert-OH is 1. The molecule has 1 aromatic heterocycles. The zero-order chi connectivity index (χ0) is 39.0. The van der Waals surface area contributed by atoms with Crippen molar-refractivity contribution in [2.24, 2.45) is 5.92 Å². The van der Waals surface area contributed by atoms with E-state index in [1.165, 1.54) is 18.7 Å². The Kier molecular flexibility index (Phi) is 12.4. The molecule has 2 N–H and O–H groups in total. The number of hydrogen-bond acceptors (Lipinski definition) is 9. The summed E-state index contributed by atoms with van der Waals surface area (Å²) in [5.74, 6) is 0.390. The minimum atomic E-state index is -0.877. The summed E-state index contributed by atoms with van der Waals surface area (Å²) in [6.45, 7) is 5.21. The molecule has 5 aromatic carbocycles. The Bertz CT molecular complexity index is 2190. The molecule has 0 bridgehead atoms. The van der Waals surface area contributed by atoms with Crippen LogP contribution in [-0.2, 0) is 37.0 Å². The maximum Gasteiger partial charge on any atom is 0.303 e. The molecule has 7 rings (SSSR count). The number of oxazole rings is 1. The average molecular weight is 769 g/mol. The van der Waals surface area contributed by atoms with Crippen molar-refractivity contribution in [2.75, 3.05) is 5.75 Å². The zero-order valence-corrected chi connectivity index (χ0v) is 32.3. The molecule has 10 heteroatoms. The molecule has 6 aromatic rings. The molecule has 5 atom stereocenters. The molecule has 1 aliphatic heterocycles. The largest absolute Gasteiger partial charge is 0.453 e. The van der Waals surface area contributed by atoms with E-state index in [9.17, 15) is 14.7 Å². The highest BCUT2D eigenvalue weighted by Gasteiger charge is 2.39. The number of amides is 1. The quantitative estimate of drug-likeness (QED) is 0.0875. The lowest BCUT2D eigenvalue weighted by atomic mass is 9.91. The summed E-state index contributed by atoms with van der Waals surface area (Å²) in [4.78, 5) is 28.7. The van der Waals surface area contributed by atoms with E-state index in [0.717, 1.165) is 56.0 Å². The van der Waals surface area contributed by atoms with Gasteiger partial charge in [-0.15, -0.1) is 0 Å². The summed E-state index contributed by atoms with van der Waals surface area (Å²) in [5, 5.41) is 13.1. The molecular weight excluding hydrogens is 725 g/mol. The second-order valence-electron chi connectivity index (χ2n) is 13.8. The van der Waals surface area contributed by atoms with Crippen molar-refractivity contribution in [1.82, 2.24) is 10.3 Å². The van der Waals surface area contributed by atoms with Crippen LogP contribution in [0.25, 0.3) is 33.7 Å². The third-order valence-electron chi connectivity index (χ3n) is 9.78. The van der Waals surface area contributed by atoms with Crippen LogP contribution in [0.4, 0.5) is 0 Å². The summed E-state index contributed by atoms with van der Waals surface area (Å²) in [7, 11) is 0. The van der Waals surface area contributed by atoms with Gasteiger partial charge in [0.15, 0.2) is 18.2 Å². The Morgan fingerprint density at radius 1 is 0.786 bits per heavy atom. The normalized spacial score (nSPS) is 18.6. The van der Waals surface area contributed by atoms with Gasteiger partial charge in [0.25, 0.3) is 11.1 Å². The molecule has 0 unspecified atom stereocenters. The number of carbonyl (C=O) groups excluding carboxylic acids is 2. The SMILES string of the molecule is CC(=O)O[C@@H](C)C(=O)NCc1cccc(-c2cccc([C@@H]3O[C@H](CSc4nc(-c5ccccc5)c(-c5ccccc5)o4)[C@H](C)[C@H](c4ccc(CO)cc4)O3)c2)c1. The molecule has 1 amide bonds. The van der Waals surface area contributed by atoms with Crippen LogP contribution >= 0.6 is 11.8 Å². The fourth-order valence-electron chi connectivity index (χ4n) is 6.76. The van der Waals surface area contributed by atoms with Crippen LogP contribution in [0.1, 0.15) is 55.4 Å². The number of nitrogens with one attached hydrogen (secondary N) is 1. The molecule has 2 heterocycles. The van der Waals surface area contributed by atoms with E-state index in [1.807, 2.05) is 127 Å². The van der Waals surface area contributed by atoms with E-state index in [-0.39, 0.29) is 37.2 Å². The minimum absolute atomic E-state index is 0.0329. The van der Waals surface area contributed by atoms with E-state index in [2.05, 4.69) is 18.3 Å². The number of aromatic nitrogens is 1. The first-order valence-electron chi connectivity index (χ1n) is 18.6. The smallest absolute Gasteiger partial charge is 0.303 e. The average Bonchev–Trinajstić information content (AvgIpc) is 3.67. The van der Waals surface area contributed by atoms with Gasteiger partial charge in [-0.25, -0.2) is 4.98 Å². The summed E-state index contributed by atoms with van der Waals surface area (Å²) < 4.78 is 25.0. The number of carbonyl (C=O) groups is 2. The highest BCUT2D eigenvalue weighted by atomic mass is 32.2. The van der Waals surface area contributed by atoms with Crippen molar-refractivity contribution in [1.29, 1.82) is 0 Å². The third-order valence-corrected chi connectivity index (χ3v) is 10.7. The standard InChI is InChI=1S/C46H44N2O7S/c1-29-40(28-56-46-48-41(34-13-6-4-7-14-34)43(55-46)35-15-8-5-9-16-35)53-45(54-42(29)36-22-20-32(27-49)21-23-36)39-19-11-18-38(25-39)37-17-10-12-33(24-37)26-47-44(51)30(2)52-31(3)50/h4-25,29-30,40,42,45,49H,26-28H2,1-3H3,(H,47,51)/t29-,30-,40+,42+,45+/m0/s1. The Hall–Kier alpha value is -5.52. The van der Waals surface area contributed by atoms with E-state index in [1.54, 1.807) is 6.92 Å². The predicted molar refractivity (Wildman–Crippen MR) is 216 cm³/mol. The van der Waals surface area contributed by atoms with Gasteiger partial charge in [0, 0.05) is 41.8 Å². The van der Waals surface area contributed by atoms with Gasteiger partial charge in [0.2, 0.25) is 0 Å². The number of ether oxygens (including phenoxy) is 3. The maximum atomic E-state index is 12.5. The summed E-state index contributed by atoms with van der Waals surface area (Å²) in [6.07, 6.45) is -2.08. The first kappa shape index (κ1) is 38.7. The lowest BCUT2D eigenvalue weighted by molar-refractivity contribution is -0.268. The Morgan fingerprint density at radius 3 is 2.14 bits per heavy atom. The van der Waals surface area contributed by atoms with Crippen LogP contribution in [0.3, 0.4) is 0 Å². The number of benzene rings is 5. The third kappa shape index (κ3) is 9.29. The predicted octanol–water partition coefficient (Wildman–Crippen LogP) is 9.32. The number of rotatable bonds is 13. The van der Waals surface area contributed by atoms with Gasteiger partial charge in [0.05, 0.1) is 18.8 Å². The van der Waals surface area contributed by atoms with Crippen LogP contribution in [0.5, 0.6) is 0 Å². The van der Waals surface area contributed by atoms with Crippen LogP contribution in [0.2, 0.25) is 0 Å². The highest BCUT2D eigenvalue weighted by Crippen LogP contribution is 2.44.